The molecule has 1 fully saturated rings. The summed E-state index contributed by atoms with van der Waals surface area (Å²) in [7, 11) is 0. The maximum Gasteiger partial charge on any atom is 0.223 e. The highest BCUT2D eigenvalue weighted by atomic mass is 16.5. The quantitative estimate of drug-likeness (QED) is 0.906. The Balaban J connectivity index is 1.73. The van der Waals surface area contributed by atoms with Gasteiger partial charge in [-0.1, -0.05) is 6.92 Å². The van der Waals surface area contributed by atoms with E-state index in [0.29, 0.717) is 19.1 Å². The van der Waals surface area contributed by atoms with Crippen molar-refractivity contribution in [3.63, 3.8) is 0 Å². The normalized spacial score (nSPS) is 26.0. The number of rotatable bonds is 5. The van der Waals surface area contributed by atoms with E-state index in [4.69, 9.17) is 9.47 Å². The van der Waals surface area contributed by atoms with Crippen LogP contribution in [0.1, 0.15) is 38.3 Å². The molecule has 0 aromatic heterocycles. The van der Waals surface area contributed by atoms with Gasteiger partial charge in [-0.05, 0) is 38.3 Å². The Kier molecular flexibility index (Phi) is 3.79. The Morgan fingerprint density at radius 2 is 2.19 bits per heavy atom. The number of hydrogen-bond donors (Lipinski definition) is 1. The van der Waals surface area contributed by atoms with E-state index in [1.165, 1.54) is 5.56 Å². The fourth-order valence-corrected chi connectivity index (χ4v) is 2.91. The monoisotopic (exact) mass is 289 g/mol. The van der Waals surface area contributed by atoms with Crippen molar-refractivity contribution in [2.45, 2.75) is 46.3 Å². The predicted molar refractivity (Wildman–Crippen MR) is 80.5 cm³/mol. The van der Waals surface area contributed by atoms with Crippen LogP contribution in [0.5, 0.6) is 11.5 Å². The fraction of sp³-hybridized carbons (Fsp3) is 0.588. The van der Waals surface area contributed by atoms with Crippen LogP contribution >= 0.6 is 0 Å². The van der Waals surface area contributed by atoms with Crippen LogP contribution in [0.4, 0.5) is 0 Å². The van der Waals surface area contributed by atoms with Gasteiger partial charge in [-0.3, -0.25) is 4.79 Å². The third-order valence-corrected chi connectivity index (χ3v) is 4.28. The number of fused-ring (bicyclic) bond motifs is 1. The molecule has 4 heteroatoms. The van der Waals surface area contributed by atoms with Crippen molar-refractivity contribution in [1.82, 2.24) is 5.32 Å². The summed E-state index contributed by atoms with van der Waals surface area (Å²) in [6, 6.07) is 4.07. The van der Waals surface area contributed by atoms with Crippen LogP contribution in [0.25, 0.3) is 0 Å². The molecule has 1 aromatic carbocycles. The summed E-state index contributed by atoms with van der Waals surface area (Å²) in [5, 5.41) is 3.02. The number of ether oxygens (including phenoxy) is 2. The van der Waals surface area contributed by atoms with Gasteiger partial charge in [0.1, 0.15) is 17.6 Å². The number of carbonyl (C=O) groups is 1. The molecule has 21 heavy (non-hydrogen) atoms. The molecule has 1 aliphatic heterocycles. The highest BCUT2D eigenvalue weighted by Crippen LogP contribution is 2.38. The van der Waals surface area contributed by atoms with Crippen molar-refractivity contribution in [3.8, 4) is 11.5 Å². The molecule has 3 rings (SSSR count). The SMILES string of the molecule is CCOc1cc2c(cc1CNC(=O)C1CC1C)OC(C)C2. The van der Waals surface area contributed by atoms with Crippen molar-refractivity contribution in [1.29, 1.82) is 0 Å². The lowest BCUT2D eigenvalue weighted by molar-refractivity contribution is -0.122. The van der Waals surface area contributed by atoms with E-state index in [0.717, 1.165) is 29.9 Å². The largest absolute Gasteiger partial charge is 0.494 e. The van der Waals surface area contributed by atoms with E-state index >= 15 is 0 Å². The first kappa shape index (κ1) is 14.2. The molecular weight excluding hydrogens is 266 g/mol. The zero-order valence-corrected chi connectivity index (χ0v) is 12.9. The summed E-state index contributed by atoms with van der Waals surface area (Å²) >= 11 is 0. The second-order valence-electron chi connectivity index (χ2n) is 6.17. The molecule has 2 aliphatic rings. The standard InChI is InChI=1S/C17H23NO3/c1-4-20-15-7-12-6-11(3)21-16(12)8-13(15)9-18-17(19)14-5-10(14)2/h7-8,10-11,14H,4-6,9H2,1-3H3,(H,18,19). The van der Waals surface area contributed by atoms with Crippen molar-refractivity contribution in [3.05, 3.63) is 23.3 Å². The van der Waals surface area contributed by atoms with E-state index < -0.39 is 0 Å². The van der Waals surface area contributed by atoms with Gasteiger partial charge in [0.2, 0.25) is 5.91 Å². The molecule has 0 saturated heterocycles. The first-order valence-corrected chi connectivity index (χ1v) is 7.81. The fourth-order valence-electron chi connectivity index (χ4n) is 2.91. The molecule has 1 amide bonds. The Hall–Kier alpha value is -1.71. The first-order valence-electron chi connectivity index (χ1n) is 7.81. The summed E-state index contributed by atoms with van der Waals surface area (Å²) in [4.78, 5) is 12.0. The summed E-state index contributed by atoms with van der Waals surface area (Å²) < 4.78 is 11.5. The van der Waals surface area contributed by atoms with Gasteiger partial charge in [0.15, 0.2) is 0 Å². The Morgan fingerprint density at radius 1 is 1.43 bits per heavy atom. The lowest BCUT2D eigenvalue weighted by atomic mass is 10.1. The van der Waals surface area contributed by atoms with Gasteiger partial charge < -0.3 is 14.8 Å². The van der Waals surface area contributed by atoms with Gasteiger partial charge in [-0.15, -0.1) is 0 Å². The Labute approximate surface area is 125 Å². The molecule has 4 nitrogen and oxygen atoms in total. The zero-order chi connectivity index (χ0) is 15.0. The first-order chi connectivity index (χ1) is 10.1. The van der Waals surface area contributed by atoms with E-state index in [1.807, 2.05) is 13.0 Å². The zero-order valence-electron chi connectivity index (χ0n) is 12.9. The summed E-state index contributed by atoms with van der Waals surface area (Å²) in [6.45, 7) is 7.27. The van der Waals surface area contributed by atoms with Gasteiger partial charge in [0.25, 0.3) is 0 Å². The van der Waals surface area contributed by atoms with E-state index in [2.05, 4.69) is 25.2 Å². The van der Waals surface area contributed by atoms with Gasteiger partial charge in [-0.25, -0.2) is 0 Å². The molecule has 114 valence electrons. The van der Waals surface area contributed by atoms with E-state index in [1.54, 1.807) is 0 Å². The van der Waals surface area contributed by atoms with Crippen molar-refractivity contribution in [2.24, 2.45) is 11.8 Å². The summed E-state index contributed by atoms with van der Waals surface area (Å²) in [5.41, 5.74) is 2.18. The van der Waals surface area contributed by atoms with Gasteiger partial charge in [0, 0.05) is 30.0 Å². The van der Waals surface area contributed by atoms with Crippen molar-refractivity contribution in [2.75, 3.05) is 6.61 Å². The predicted octanol–water partition coefficient (Wildman–Crippen LogP) is 2.68. The Bertz CT molecular complexity index is 555. The second kappa shape index (κ2) is 5.58. The molecule has 3 atom stereocenters. The molecule has 1 saturated carbocycles. The van der Waals surface area contributed by atoms with Crippen molar-refractivity contribution >= 4 is 5.91 Å². The molecule has 1 N–H and O–H groups in total. The third kappa shape index (κ3) is 2.99. The van der Waals surface area contributed by atoms with Crippen LogP contribution in [-0.2, 0) is 17.8 Å². The maximum atomic E-state index is 12.0. The smallest absolute Gasteiger partial charge is 0.223 e. The minimum atomic E-state index is 0.153. The van der Waals surface area contributed by atoms with Crippen LogP contribution in [-0.4, -0.2) is 18.6 Å². The summed E-state index contributed by atoms with van der Waals surface area (Å²) in [6.07, 6.45) is 2.14. The van der Waals surface area contributed by atoms with Crippen LogP contribution in [0, 0.1) is 11.8 Å². The highest BCUT2D eigenvalue weighted by Gasteiger charge is 2.38. The average molecular weight is 289 g/mol. The van der Waals surface area contributed by atoms with Crippen molar-refractivity contribution < 1.29 is 14.3 Å². The van der Waals surface area contributed by atoms with Crippen LogP contribution in [0.3, 0.4) is 0 Å². The van der Waals surface area contributed by atoms with Crippen LogP contribution < -0.4 is 14.8 Å². The number of amides is 1. The van der Waals surface area contributed by atoms with E-state index in [-0.39, 0.29) is 17.9 Å². The van der Waals surface area contributed by atoms with Gasteiger partial charge in [-0.2, -0.15) is 0 Å². The highest BCUT2D eigenvalue weighted by molar-refractivity contribution is 5.81. The lowest BCUT2D eigenvalue weighted by Gasteiger charge is -2.13. The number of hydrogen-bond acceptors (Lipinski definition) is 3. The molecule has 1 aromatic rings. The maximum absolute atomic E-state index is 12.0. The van der Waals surface area contributed by atoms with Crippen LogP contribution in [0.15, 0.2) is 12.1 Å². The molecule has 0 spiro atoms. The topological polar surface area (TPSA) is 47.6 Å². The van der Waals surface area contributed by atoms with Crippen LogP contribution in [0.2, 0.25) is 0 Å². The number of benzene rings is 1. The Morgan fingerprint density at radius 3 is 2.86 bits per heavy atom. The molecule has 0 bridgehead atoms. The minimum absolute atomic E-state index is 0.153. The number of nitrogens with one attached hydrogen (secondary N) is 1. The van der Waals surface area contributed by atoms with Gasteiger partial charge >= 0.3 is 0 Å². The van der Waals surface area contributed by atoms with E-state index in [9.17, 15) is 4.79 Å². The molecule has 1 heterocycles. The second-order valence-corrected chi connectivity index (χ2v) is 6.17. The third-order valence-electron chi connectivity index (χ3n) is 4.28. The van der Waals surface area contributed by atoms with Gasteiger partial charge in [0.05, 0.1) is 6.61 Å². The lowest BCUT2D eigenvalue weighted by Crippen LogP contribution is -2.25. The number of carbonyl (C=O) groups excluding carboxylic acids is 1. The molecular formula is C17H23NO3. The summed E-state index contributed by atoms with van der Waals surface area (Å²) in [5.74, 6) is 2.67. The minimum Gasteiger partial charge on any atom is -0.494 e. The molecule has 0 radical (unpaired) electrons. The molecule has 1 aliphatic carbocycles. The average Bonchev–Trinajstić information content (AvgIpc) is 3.05. The molecule has 3 unspecified atom stereocenters.